The molecular formula is C14H22BrN3O. The van der Waals surface area contributed by atoms with Crippen LogP contribution in [-0.4, -0.2) is 29.1 Å². The number of halogens is 1. The summed E-state index contributed by atoms with van der Waals surface area (Å²) in [5, 5.41) is 6.56. The largest absolute Gasteiger partial charge is 0.346 e. The Bertz CT molecular complexity index is 444. The van der Waals surface area contributed by atoms with Gasteiger partial charge in [0.05, 0.1) is 0 Å². The van der Waals surface area contributed by atoms with Crippen LogP contribution in [0.1, 0.15) is 43.6 Å². The third-order valence-corrected chi connectivity index (χ3v) is 4.07. The Morgan fingerprint density at radius 3 is 3.11 bits per heavy atom. The molecule has 0 aromatic carbocycles. The van der Waals surface area contributed by atoms with Crippen LogP contribution < -0.4 is 10.6 Å². The summed E-state index contributed by atoms with van der Waals surface area (Å²) < 4.78 is 2.97. The lowest BCUT2D eigenvalue weighted by Crippen LogP contribution is -2.52. The number of aromatic nitrogens is 1. The Hall–Kier alpha value is -0.810. The quantitative estimate of drug-likeness (QED) is 0.892. The topological polar surface area (TPSA) is 46.1 Å². The molecule has 106 valence electrons. The minimum absolute atomic E-state index is 0.0275. The van der Waals surface area contributed by atoms with E-state index in [1.54, 1.807) is 0 Å². The molecule has 2 heterocycles. The smallest absolute Gasteiger partial charge is 0.268 e. The van der Waals surface area contributed by atoms with Gasteiger partial charge in [-0.05, 0) is 54.7 Å². The van der Waals surface area contributed by atoms with Gasteiger partial charge in [0.15, 0.2) is 0 Å². The number of aryl methyl sites for hydroxylation is 1. The van der Waals surface area contributed by atoms with Crippen molar-refractivity contribution >= 4 is 21.8 Å². The SMILES string of the molecule is CCCn1cc(Br)cc1C(=O)NC1CCCNC1C. The molecule has 1 aromatic heterocycles. The van der Waals surface area contributed by atoms with E-state index >= 15 is 0 Å². The summed E-state index contributed by atoms with van der Waals surface area (Å²) in [5.74, 6) is 0.0275. The van der Waals surface area contributed by atoms with E-state index in [0.29, 0.717) is 6.04 Å². The van der Waals surface area contributed by atoms with Crippen LogP contribution in [0.4, 0.5) is 0 Å². The molecule has 0 aliphatic carbocycles. The highest BCUT2D eigenvalue weighted by Crippen LogP contribution is 2.16. The van der Waals surface area contributed by atoms with E-state index in [1.807, 2.05) is 16.8 Å². The van der Waals surface area contributed by atoms with Gasteiger partial charge in [-0.1, -0.05) is 6.92 Å². The van der Waals surface area contributed by atoms with Crippen LogP contribution in [-0.2, 0) is 6.54 Å². The molecule has 1 fully saturated rings. The van der Waals surface area contributed by atoms with Gasteiger partial charge in [0.1, 0.15) is 5.69 Å². The Labute approximate surface area is 123 Å². The van der Waals surface area contributed by atoms with E-state index in [4.69, 9.17) is 0 Å². The molecule has 1 saturated heterocycles. The number of hydrogen-bond donors (Lipinski definition) is 2. The molecule has 0 spiro atoms. The number of carbonyl (C=O) groups excluding carboxylic acids is 1. The Morgan fingerprint density at radius 1 is 1.63 bits per heavy atom. The molecule has 5 heteroatoms. The van der Waals surface area contributed by atoms with Gasteiger partial charge in [-0.2, -0.15) is 0 Å². The molecule has 0 bridgehead atoms. The fourth-order valence-electron chi connectivity index (χ4n) is 2.57. The zero-order chi connectivity index (χ0) is 13.8. The molecule has 1 amide bonds. The van der Waals surface area contributed by atoms with Crippen LogP contribution in [0.2, 0.25) is 0 Å². The normalized spacial score (nSPS) is 23.3. The summed E-state index contributed by atoms with van der Waals surface area (Å²) in [5.41, 5.74) is 0.742. The van der Waals surface area contributed by atoms with Gasteiger partial charge in [-0.3, -0.25) is 4.79 Å². The van der Waals surface area contributed by atoms with Gasteiger partial charge in [-0.25, -0.2) is 0 Å². The summed E-state index contributed by atoms with van der Waals surface area (Å²) in [4.78, 5) is 12.4. The molecule has 4 nitrogen and oxygen atoms in total. The minimum Gasteiger partial charge on any atom is -0.346 e. The zero-order valence-electron chi connectivity index (χ0n) is 11.6. The van der Waals surface area contributed by atoms with E-state index in [2.05, 4.69) is 40.4 Å². The Kier molecular flexibility index (Phi) is 5.05. The summed E-state index contributed by atoms with van der Waals surface area (Å²) in [6, 6.07) is 2.46. The molecule has 1 aliphatic rings. The average molecular weight is 328 g/mol. The maximum atomic E-state index is 12.4. The Balaban J connectivity index is 2.06. The number of hydrogen-bond acceptors (Lipinski definition) is 2. The van der Waals surface area contributed by atoms with E-state index in [-0.39, 0.29) is 11.9 Å². The zero-order valence-corrected chi connectivity index (χ0v) is 13.2. The predicted octanol–water partition coefficient (Wildman–Crippen LogP) is 2.53. The van der Waals surface area contributed by atoms with E-state index in [9.17, 15) is 4.79 Å². The van der Waals surface area contributed by atoms with Crippen molar-refractivity contribution in [2.45, 2.75) is 51.7 Å². The number of nitrogens with zero attached hydrogens (tertiary/aromatic N) is 1. The molecular weight excluding hydrogens is 306 g/mol. The van der Waals surface area contributed by atoms with Crippen molar-refractivity contribution in [3.63, 3.8) is 0 Å². The fraction of sp³-hybridized carbons (Fsp3) is 0.643. The molecule has 2 N–H and O–H groups in total. The first-order valence-electron chi connectivity index (χ1n) is 7.01. The second-order valence-corrected chi connectivity index (χ2v) is 6.12. The van der Waals surface area contributed by atoms with E-state index in [0.717, 1.165) is 42.5 Å². The molecule has 0 radical (unpaired) electrons. The second-order valence-electron chi connectivity index (χ2n) is 5.20. The van der Waals surface area contributed by atoms with E-state index < -0.39 is 0 Å². The lowest BCUT2D eigenvalue weighted by Gasteiger charge is -2.30. The van der Waals surface area contributed by atoms with Crippen LogP contribution in [0.15, 0.2) is 16.7 Å². The number of rotatable bonds is 4. The minimum atomic E-state index is 0.0275. The lowest BCUT2D eigenvalue weighted by molar-refractivity contribution is 0.0910. The third kappa shape index (κ3) is 3.60. The van der Waals surface area contributed by atoms with Crippen molar-refractivity contribution in [3.05, 3.63) is 22.4 Å². The van der Waals surface area contributed by atoms with Gasteiger partial charge in [0.25, 0.3) is 5.91 Å². The lowest BCUT2D eigenvalue weighted by atomic mass is 10.00. The molecule has 1 aromatic rings. The highest BCUT2D eigenvalue weighted by Gasteiger charge is 2.24. The van der Waals surface area contributed by atoms with Crippen LogP contribution in [0.5, 0.6) is 0 Å². The third-order valence-electron chi connectivity index (χ3n) is 3.64. The Morgan fingerprint density at radius 2 is 2.42 bits per heavy atom. The van der Waals surface area contributed by atoms with Gasteiger partial charge in [0.2, 0.25) is 0 Å². The molecule has 2 unspecified atom stereocenters. The number of piperidine rings is 1. The second kappa shape index (κ2) is 6.57. The monoisotopic (exact) mass is 327 g/mol. The van der Waals surface area contributed by atoms with Crippen LogP contribution in [0, 0.1) is 0 Å². The average Bonchev–Trinajstić information content (AvgIpc) is 2.74. The highest BCUT2D eigenvalue weighted by atomic mass is 79.9. The molecule has 2 atom stereocenters. The van der Waals surface area contributed by atoms with Crippen molar-refractivity contribution in [3.8, 4) is 0 Å². The predicted molar refractivity (Wildman–Crippen MR) is 80.4 cm³/mol. The standard InChI is InChI=1S/C14H22BrN3O/c1-3-7-18-9-11(15)8-13(18)14(19)17-12-5-4-6-16-10(12)2/h8-10,12,16H,3-7H2,1-2H3,(H,17,19). The van der Waals surface area contributed by atoms with Crippen LogP contribution >= 0.6 is 15.9 Å². The maximum absolute atomic E-state index is 12.4. The fourth-order valence-corrected chi connectivity index (χ4v) is 3.04. The molecule has 1 aliphatic heterocycles. The van der Waals surface area contributed by atoms with Crippen molar-refractivity contribution in [1.82, 2.24) is 15.2 Å². The van der Waals surface area contributed by atoms with E-state index in [1.165, 1.54) is 0 Å². The highest BCUT2D eigenvalue weighted by molar-refractivity contribution is 9.10. The van der Waals surface area contributed by atoms with Crippen molar-refractivity contribution in [1.29, 1.82) is 0 Å². The van der Waals surface area contributed by atoms with Gasteiger partial charge in [-0.15, -0.1) is 0 Å². The maximum Gasteiger partial charge on any atom is 0.268 e. The van der Waals surface area contributed by atoms with Crippen LogP contribution in [0.3, 0.4) is 0 Å². The van der Waals surface area contributed by atoms with Crippen molar-refractivity contribution < 1.29 is 4.79 Å². The summed E-state index contributed by atoms with van der Waals surface area (Å²) in [6.07, 6.45) is 5.16. The summed E-state index contributed by atoms with van der Waals surface area (Å²) >= 11 is 3.45. The summed E-state index contributed by atoms with van der Waals surface area (Å²) in [6.45, 7) is 6.16. The molecule has 19 heavy (non-hydrogen) atoms. The number of nitrogens with one attached hydrogen (secondary N) is 2. The van der Waals surface area contributed by atoms with Gasteiger partial charge < -0.3 is 15.2 Å². The molecule has 2 rings (SSSR count). The number of carbonyl (C=O) groups is 1. The first-order valence-corrected chi connectivity index (χ1v) is 7.81. The number of amides is 1. The van der Waals surface area contributed by atoms with Crippen molar-refractivity contribution in [2.24, 2.45) is 0 Å². The first kappa shape index (κ1) is 14.6. The first-order chi connectivity index (χ1) is 9.11. The molecule has 0 saturated carbocycles. The summed E-state index contributed by atoms with van der Waals surface area (Å²) in [7, 11) is 0. The van der Waals surface area contributed by atoms with Crippen molar-refractivity contribution in [2.75, 3.05) is 6.54 Å². The van der Waals surface area contributed by atoms with Gasteiger partial charge >= 0.3 is 0 Å². The van der Waals surface area contributed by atoms with Crippen LogP contribution in [0.25, 0.3) is 0 Å². The van der Waals surface area contributed by atoms with Gasteiger partial charge in [0, 0.05) is 29.3 Å².